The molecule has 0 aromatic rings. The molecular weight excluding hydrogens is 413 g/mol. The number of ether oxygens (including phenoxy) is 2. The van der Waals surface area contributed by atoms with Gasteiger partial charge >= 0.3 is 19.8 Å². The van der Waals surface area contributed by atoms with Gasteiger partial charge in [0.15, 0.2) is 0 Å². The Bertz CT molecular complexity index is 602. The van der Waals surface area contributed by atoms with E-state index < -0.39 is 25.9 Å². The van der Waals surface area contributed by atoms with Crippen molar-refractivity contribution in [1.29, 1.82) is 0 Å². The highest BCUT2D eigenvalue weighted by Crippen LogP contribution is 2.44. The molecule has 0 saturated carbocycles. The van der Waals surface area contributed by atoms with Gasteiger partial charge < -0.3 is 18.9 Å². The van der Waals surface area contributed by atoms with Crippen molar-refractivity contribution in [1.82, 2.24) is 0 Å². The molecule has 9 nitrogen and oxygen atoms in total. The van der Waals surface area contributed by atoms with Gasteiger partial charge in [0, 0.05) is 12.0 Å². The standard InChI is InChI=1S/C20H38NO8P/c1-8-10-17(9-2)13-19(22)26-14-18(15-27-20(23)16(3)4)29-30(24,25)28-12-11-21(5,6)7/h17-18H,3,8-15H2,1-2,4-7H3/p+1. The number of quaternary nitrogens is 1. The summed E-state index contributed by atoms with van der Waals surface area (Å²) in [6.07, 6.45) is 1.83. The van der Waals surface area contributed by atoms with Gasteiger partial charge in [-0.2, -0.15) is 0 Å². The van der Waals surface area contributed by atoms with E-state index in [9.17, 15) is 19.0 Å². The summed E-state index contributed by atoms with van der Waals surface area (Å²) in [6, 6.07) is 0. The number of nitrogens with zero attached hydrogens (tertiary/aromatic N) is 1. The number of hydrogen-bond donors (Lipinski definition) is 1. The summed E-state index contributed by atoms with van der Waals surface area (Å²) in [5.74, 6) is -0.901. The number of phosphoric acid groups is 1. The number of esters is 2. The lowest BCUT2D eigenvalue weighted by Gasteiger charge is -2.25. The third kappa shape index (κ3) is 14.7. The van der Waals surface area contributed by atoms with Crippen molar-refractivity contribution in [3.05, 3.63) is 12.2 Å². The molecule has 176 valence electrons. The van der Waals surface area contributed by atoms with Crippen LogP contribution in [-0.4, -0.2) is 74.9 Å². The molecule has 0 aliphatic rings. The maximum Gasteiger partial charge on any atom is 0.472 e. The highest BCUT2D eigenvalue weighted by atomic mass is 31.2. The molecule has 0 saturated heterocycles. The van der Waals surface area contributed by atoms with Crippen molar-refractivity contribution < 1.29 is 42.1 Å². The minimum absolute atomic E-state index is 0.00939. The Morgan fingerprint density at radius 1 is 1.13 bits per heavy atom. The van der Waals surface area contributed by atoms with Crippen molar-refractivity contribution in [3.63, 3.8) is 0 Å². The third-order valence-electron chi connectivity index (χ3n) is 4.21. The van der Waals surface area contributed by atoms with Crippen molar-refractivity contribution in [2.24, 2.45) is 5.92 Å². The van der Waals surface area contributed by atoms with Crippen LogP contribution in [0, 0.1) is 5.92 Å². The summed E-state index contributed by atoms with van der Waals surface area (Å²) < 4.78 is 33.1. The number of hydrogen-bond acceptors (Lipinski definition) is 7. The summed E-state index contributed by atoms with van der Waals surface area (Å²) >= 11 is 0. The smallest absolute Gasteiger partial charge is 0.463 e. The van der Waals surface area contributed by atoms with Crippen molar-refractivity contribution in [2.75, 3.05) is 47.5 Å². The largest absolute Gasteiger partial charge is 0.472 e. The summed E-state index contributed by atoms with van der Waals surface area (Å²) in [5, 5.41) is 0. The lowest BCUT2D eigenvalue weighted by molar-refractivity contribution is -0.870. The zero-order valence-electron chi connectivity index (χ0n) is 19.2. The Hall–Kier alpha value is -1.25. The first-order valence-corrected chi connectivity index (χ1v) is 11.7. The van der Waals surface area contributed by atoms with E-state index in [0.29, 0.717) is 11.0 Å². The van der Waals surface area contributed by atoms with Crippen LogP contribution in [-0.2, 0) is 32.7 Å². The first kappa shape index (κ1) is 28.8. The van der Waals surface area contributed by atoms with E-state index in [1.54, 1.807) is 0 Å². The van der Waals surface area contributed by atoms with E-state index in [-0.39, 0.29) is 37.7 Å². The Labute approximate surface area is 180 Å². The molecule has 0 amide bonds. The van der Waals surface area contributed by atoms with Gasteiger partial charge in [-0.25, -0.2) is 9.36 Å². The molecule has 10 heteroatoms. The SMILES string of the molecule is C=C(C)C(=O)OCC(COC(=O)CC(CC)CCC)OP(=O)(O)OCC[N+](C)(C)C. The Morgan fingerprint density at radius 3 is 2.23 bits per heavy atom. The molecule has 0 aliphatic carbocycles. The fourth-order valence-electron chi connectivity index (χ4n) is 2.39. The Balaban J connectivity index is 4.88. The number of likely N-dealkylation sites (N-methyl/N-ethyl adjacent to an activating group) is 1. The molecule has 0 aromatic heterocycles. The average Bonchev–Trinajstić information content (AvgIpc) is 2.61. The van der Waals surface area contributed by atoms with Gasteiger partial charge in [0.05, 0.1) is 21.1 Å². The molecule has 3 atom stereocenters. The fraction of sp³-hybridized carbons (Fsp3) is 0.800. The average molecular weight is 453 g/mol. The zero-order valence-corrected chi connectivity index (χ0v) is 20.1. The molecule has 1 N–H and O–H groups in total. The van der Waals surface area contributed by atoms with Crippen LogP contribution < -0.4 is 0 Å². The summed E-state index contributed by atoms with van der Waals surface area (Å²) in [7, 11) is 1.29. The topological polar surface area (TPSA) is 108 Å². The molecule has 0 rings (SSSR count). The van der Waals surface area contributed by atoms with E-state index >= 15 is 0 Å². The first-order chi connectivity index (χ1) is 13.8. The molecule has 0 fully saturated rings. The molecule has 0 bridgehead atoms. The summed E-state index contributed by atoms with van der Waals surface area (Å²) in [4.78, 5) is 33.7. The van der Waals surface area contributed by atoms with Crippen molar-refractivity contribution >= 4 is 19.8 Å². The van der Waals surface area contributed by atoms with Crippen LogP contribution in [0.1, 0.15) is 46.5 Å². The Morgan fingerprint density at radius 2 is 1.73 bits per heavy atom. The lowest BCUT2D eigenvalue weighted by Crippen LogP contribution is -2.37. The van der Waals surface area contributed by atoms with Gasteiger partial charge in [0.25, 0.3) is 0 Å². The van der Waals surface area contributed by atoms with Crippen LogP contribution in [0.4, 0.5) is 0 Å². The molecule has 3 unspecified atom stereocenters. The van der Waals surface area contributed by atoms with Gasteiger partial charge in [0.1, 0.15) is 32.5 Å². The molecule has 30 heavy (non-hydrogen) atoms. The van der Waals surface area contributed by atoms with Crippen LogP contribution in [0.5, 0.6) is 0 Å². The predicted octanol–water partition coefficient (Wildman–Crippen LogP) is 3.07. The second-order valence-electron chi connectivity index (χ2n) is 8.37. The predicted molar refractivity (Wildman–Crippen MR) is 114 cm³/mol. The van der Waals surface area contributed by atoms with Gasteiger partial charge in [0.2, 0.25) is 0 Å². The van der Waals surface area contributed by atoms with Crippen LogP contribution in [0.25, 0.3) is 0 Å². The monoisotopic (exact) mass is 452 g/mol. The number of phosphoric ester groups is 1. The van der Waals surface area contributed by atoms with Gasteiger partial charge in [-0.05, 0) is 12.8 Å². The molecule has 0 spiro atoms. The molecule has 0 heterocycles. The normalized spacial score (nSPS) is 15.7. The molecule has 0 aliphatic heterocycles. The van der Waals surface area contributed by atoms with Gasteiger partial charge in [-0.15, -0.1) is 0 Å². The highest BCUT2D eigenvalue weighted by molar-refractivity contribution is 7.47. The molecular formula is C20H39NO8P+. The minimum Gasteiger partial charge on any atom is -0.463 e. The van der Waals surface area contributed by atoms with E-state index in [1.807, 2.05) is 35.0 Å². The maximum atomic E-state index is 12.2. The maximum absolute atomic E-state index is 12.2. The second-order valence-corrected chi connectivity index (χ2v) is 9.78. The third-order valence-corrected chi connectivity index (χ3v) is 5.28. The van der Waals surface area contributed by atoms with Crippen LogP contribution in [0.2, 0.25) is 0 Å². The number of rotatable bonds is 16. The fourth-order valence-corrected chi connectivity index (χ4v) is 3.26. The lowest BCUT2D eigenvalue weighted by atomic mass is 9.97. The number of carbonyl (C=O) groups excluding carboxylic acids is 2. The summed E-state index contributed by atoms with van der Waals surface area (Å²) in [5.41, 5.74) is 0.169. The van der Waals surface area contributed by atoms with E-state index in [4.69, 9.17) is 18.5 Å². The Kier molecular flexibility index (Phi) is 13.4. The van der Waals surface area contributed by atoms with E-state index in [0.717, 1.165) is 19.3 Å². The van der Waals surface area contributed by atoms with Gasteiger partial charge in [-0.3, -0.25) is 13.8 Å². The second kappa shape index (κ2) is 13.9. The minimum atomic E-state index is -4.44. The van der Waals surface area contributed by atoms with Crippen LogP contribution >= 0.6 is 7.82 Å². The van der Waals surface area contributed by atoms with Gasteiger partial charge in [-0.1, -0.05) is 39.7 Å². The van der Waals surface area contributed by atoms with Crippen LogP contribution in [0.3, 0.4) is 0 Å². The summed E-state index contributed by atoms with van der Waals surface area (Å²) in [6.45, 7) is 8.75. The van der Waals surface area contributed by atoms with Crippen molar-refractivity contribution in [2.45, 2.75) is 52.6 Å². The van der Waals surface area contributed by atoms with E-state index in [2.05, 4.69) is 6.58 Å². The zero-order chi connectivity index (χ0) is 23.4. The van der Waals surface area contributed by atoms with E-state index in [1.165, 1.54) is 6.92 Å². The molecule has 0 radical (unpaired) electrons. The highest BCUT2D eigenvalue weighted by Gasteiger charge is 2.29. The number of carbonyl (C=O) groups is 2. The quantitative estimate of drug-likeness (QED) is 0.165. The van der Waals surface area contributed by atoms with Crippen LogP contribution in [0.15, 0.2) is 12.2 Å². The molecule has 0 aromatic carbocycles. The van der Waals surface area contributed by atoms with Crippen molar-refractivity contribution in [3.8, 4) is 0 Å². The first-order valence-electron chi connectivity index (χ1n) is 10.2.